The number of hydrogen-bond acceptors (Lipinski definition) is 4. The molecular formula is C14H20BrClN4O. The molecular weight excluding hydrogens is 356 g/mol. The quantitative estimate of drug-likeness (QED) is 0.665. The van der Waals surface area contributed by atoms with Crippen molar-refractivity contribution in [2.75, 3.05) is 39.7 Å². The molecule has 0 aliphatic carbocycles. The predicted molar refractivity (Wildman–Crippen MR) is 89.0 cm³/mol. The van der Waals surface area contributed by atoms with Crippen molar-refractivity contribution in [1.82, 2.24) is 19.4 Å². The second-order valence-corrected chi connectivity index (χ2v) is 6.20. The maximum absolute atomic E-state index is 5.89. The Bertz CT molecular complexity index is 590. The van der Waals surface area contributed by atoms with Crippen LogP contribution in [0.1, 0.15) is 5.82 Å². The summed E-state index contributed by atoms with van der Waals surface area (Å²) in [6.45, 7) is 3.41. The third-order valence-electron chi connectivity index (χ3n) is 3.33. The molecule has 0 aliphatic heterocycles. The lowest BCUT2D eigenvalue weighted by molar-refractivity contribution is 0.159. The summed E-state index contributed by atoms with van der Waals surface area (Å²) in [4.78, 5) is 11.4. The standard InChI is InChI=1S/C14H20BrClN4O/c1-19(7-8-21-2)5-6-20-13(3-4-16)18-12-9-11(15)10-17-14(12)20/h9-10H,3-8H2,1-2H3. The Morgan fingerprint density at radius 3 is 2.95 bits per heavy atom. The van der Waals surface area contributed by atoms with Crippen molar-refractivity contribution in [3.63, 3.8) is 0 Å². The Hall–Kier alpha value is -0.690. The number of pyridine rings is 1. The molecule has 7 heteroatoms. The predicted octanol–water partition coefficient (Wildman–Crippen LogP) is 2.55. The van der Waals surface area contributed by atoms with Gasteiger partial charge in [0.15, 0.2) is 5.65 Å². The zero-order valence-corrected chi connectivity index (χ0v) is 14.7. The van der Waals surface area contributed by atoms with E-state index in [1.165, 1.54) is 0 Å². The number of aryl methyl sites for hydroxylation is 1. The lowest BCUT2D eigenvalue weighted by atomic mass is 10.4. The second kappa shape index (κ2) is 8.08. The van der Waals surface area contributed by atoms with Gasteiger partial charge in [0.2, 0.25) is 0 Å². The molecule has 2 rings (SSSR count). The summed E-state index contributed by atoms with van der Waals surface area (Å²) in [7, 11) is 3.81. The van der Waals surface area contributed by atoms with Gasteiger partial charge in [-0.05, 0) is 29.0 Å². The van der Waals surface area contributed by atoms with E-state index >= 15 is 0 Å². The van der Waals surface area contributed by atoms with Gasteiger partial charge in [0, 0.05) is 49.7 Å². The number of methoxy groups -OCH3 is 1. The average molecular weight is 376 g/mol. The molecule has 2 heterocycles. The minimum atomic E-state index is 0.560. The van der Waals surface area contributed by atoms with Gasteiger partial charge in [0.05, 0.1) is 6.61 Å². The highest BCUT2D eigenvalue weighted by molar-refractivity contribution is 9.10. The molecule has 21 heavy (non-hydrogen) atoms. The van der Waals surface area contributed by atoms with Crippen LogP contribution >= 0.6 is 27.5 Å². The van der Waals surface area contributed by atoms with E-state index in [9.17, 15) is 0 Å². The molecule has 2 aromatic heterocycles. The van der Waals surface area contributed by atoms with Crippen molar-refractivity contribution in [3.05, 3.63) is 22.6 Å². The number of hydrogen-bond donors (Lipinski definition) is 0. The molecule has 0 unspecified atom stereocenters. The summed E-state index contributed by atoms with van der Waals surface area (Å²) in [6.07, 6.45) is 2.55. The zero-order valence-electron chi connectivity index (χ0n) is 12.4. The first kappa shape index (κ1) is 16.7. The van der Waals surface area contributed by atoms with Gasteiger partial charge in [0.25, 0.3) is 0 Å². The van der Waals surface area contributed by atoms with E-state index in [2.05, 4.69) is 42.4 Å². The topological polar surface area (TPSA) is 43.2 Å². The van der Waals surface area contributed by atoms with E-state index < -0.39 is 0 Å². The molecule has 0 spiro atoms. The van der Waals surface area contributed by atoms with Crippen molar-refractivity contribution in [1.29, 1.82) is 0 Å². The normalized spacial score (nSPS) is 11.7. The van der Waals surface area contributed by atoms with Gasteiger partial charge in [-0.2, -0.15) is 0 Å². The number of likely N-dealkylation sites (N-methyl/N-ethyl adjacent to an activating group) is 1. The number of ether oxygens (including phenoxy) is 1. The van der Waals surface area contributed by atoms with Gasteiger partial charge in [-0.3, -0.25) is 0 Å². The van der Waals surface area contributed by atoms with E-state index in [-0.39, 0.29) is 0 Å². The number of fused-ring (bicyclic) bond motifs is 1. The lowest BCUT2D eigenvalue weighted by Crippen LogP contribution is -2.27. The summed E-state index contributed by atoms with van der Waals surface area (Å²) in [6, 6.07) is 1.99. The molecule has 0 saturated carbocycles. The van der Waals surface area contributed by atoms with Crippen molar-refractivity contribution >= 4 is 38.7 Å². The van der Waals surface area contributed by atoms with E-state index in [1.54, 1.807) is 13.3 Å². The van der Waals surface area contributed by atoms with Crippen LogP contribution in [0.4, 0.5) is 0 Å². The van der Waals surface area contributed by atoms with Crippen LogP contribution in [-0.2, 0) is 17.7 Å². The number of imidazole rings is 1. The number of nitrogens with zero attached hydrogens (tertiary/aromatic N) is 4. The number of alkyl halides is 1. The Morgan fingerprint density at radius 1 is 1.43 bits per heavy atom. The molecule has 0 N–H and O–H groups in total. The highest BCUT2D eigenvalue weighted by Gasteiger charge is 2.12. The first-order valence-electron chi connectivity index (χ1n) is 6.89. The SMILES string of the molecule is COCCN(C)CCn1c(CCCl)nc2cc(Br)cnc21. The molecule has 0 amide bonds. The molecule has 0 aromatic carbocycles. The summed E-state index contributed by atoms with van der Waals surface area (Å²) in [5.74, 6) is 1.55. The van der Waals surface area contributed by atoms with E-state index in [4.69, 9.17) is 16.3 Å². The molecule has 0 fully saturated rings. The van der Waals surface area contributed by atoms with Gasteiger partial charge in [-0.25, -0.2) is 9.97 Å². The second-order valence-electron chi connectivity index (χ2n) is 4.91. The summed E-state index contributed by atoms with van der Waals surface area (Å²) in [5, 5.41) is 0. The van der Waals surface area contributed by atoms with E-state index in [0.717, 1.165) is 54.1 Å². The van der Waals surface area contributed by atoms with Gasteiger partial charge >= 0.3 is 0 Å². The average Bonchev–Trinajstić information content (AvgIpc) is 2.79. The molecule has 0 aliphatic rings. The Labute approximate surface area is 138 Å². The zero-order chi connectivity index (χ0) is 15.2. The lowest BCUT2D eigenvalue weighted by Gasteiger charge is -2.17. The number of rotatable bonds is 8. The first-order valence-corrected chi connectivity index (χ1v) is 8.22. The molecule has 0 saturated heterocycles. The minimum absolute atomic E-state index is 0.560. The first-order chi connectivity index (χ1) is 10.2. The minimum Gasteiger partial charge on any atom is -0.383 e. The van der Waals surface area contributed by atoms with Crippen molar-refractivity contribution in [2.45, 2.75) is 13.0 Å². The van der Waals surface area contributed by atoms with Crippen LogP contribution in [0.2, 0.25) is 0 Å². The summed E-state index contributed by atoms with van der Waals surface area (Å²) in [5.41, 5.74) is 1.82. The summed E-state index contributed by atoms with van der Waals surface area (Å²) >= 11 is 9.32. The van der Waals surface area contributed by atoms with Crippen LogP contribution < -0.4 is 0 Å². The van der Waals surface area contributed by atoms with E-state index in [0.29, 0.717) is 5.88 Å². The Kier molecular flexibility index (Phi) is 6.41. The van der Waals surface area contributed by atoms with Crippen LogP contribution in [0, 0.1) is 0 Å². The van der Waals surface area contributed by atoms with Crippen LogP contribution in [0.15, 0.2) is 16.7 Å². The smallest absolute Gasteiger partial charge is 0.160 e. The monoisotopic (exact) mass is 374 g/mol. The third kappa shape index (κ3) is 4.39. The number of halogens is 2. The molecule has 116 valence electrons. The highest BCUT2D eigenvalue weighted by Crippen LogP contribution is 2.19. The van der Waals surface area contributed by atoms with Crippen molar-refractivity contribution in [2.24, 2.45) is 0 Å². The molecule has 5 nitrogen and oxygen atoms in total. The fraction of sp³-hybridized carbons (Fsp3) is 0.571. The van der Waals surface area contributed by atoms with Crippen LogP contribution in [0.3, 0.4) is 0 Å². The van der Waals surface area contributed by atoms with Crippen LogP contribution in [0.25, 0.3) is 11.2 Å². The number of aromatic nitrogens is 3. The highest BCUT2D eigenvalue weighted by atomic mass is 79.9. The van der Waals surface area contributed by atoms with Gasteiger partial charge < -0.3 is 14.2 Å². The van der Waals surface area contributed by atoms with Crippen LogP contribution in [-0.4, -0.2) is 59.2 Å². The molecule has 0 radical (unpaired) electrons. The Morgan fingerprint density at radius 2 is 2.24 bits per heavy atom. The molecule has 0 bridgehead atoms. The fourth-order valence-corrected chi connectivity index (χ4v) is 2.66. The van der Waals surface area contributed by atoms with Gasteiger partial charge in [-0.1, -0.05) is 0 Å². The van der Waals surface area contributed by atoms with Gasteiger partial charge in [0.1, 0.15) is 11.3 Å². The van der Waals surface area contributed by atoms with Crippen LogP contribution in [0.5, 0.6) is 0 Å². The van der Waals surface area contributed by atoms with Crippen molar-refractivity contribution in [3.8, 4) is 0 Å². The maximum Gasteiger partial charge on any atom is 0.160 e. The largest absolute Gasteiger partial charge is 0.383 e. The Balaban J connectivity index is 2.18. The molecule has 2 aromatic rings. The molecule has 0 atom stereocenters. The third-order valence-corrected chi connectivity index (χ3v) is 3.95. The summed E-state index contributed by atoms with van der Waals surface area (Å²) < 4.78 is 8.20. The van der Waals surface area contributed by atoms with E-state index in [1.807, 2.05) is 6.07 Å². The van der Waals surface area contributed by atoms with Gasteiger partial charge in [-0.15, -0.1) is 11.6 Å². The maximum atomic E-state index is 5.89. The fourth-order valence-electron chi connectivity index (χ4n) is 2.17. The van der Waals surface area contributed by atoms with Crippen molar-refractivity contribution < 1.29 is 4.74 Å².